The number of rotatable bonds is 2. The molecule has 0 saturated carbocycles. The molecule has 1 fully saturated rings. The lowest BCUT2D eigenvalue weighted by atomic mass is 9.90. The summed E-state index contributed by atoms with van der Waals surface area (Å²) in [6.45, 7) is 6.62. The summed E-state index contributed by atoms with van der Waals surface area (Å²) in [6.07, 6.45) is 2.48. The molecule has 0 amide bonds. The van der Waals surface area contributed by atoms with Crippen molar-refractivity contribution in [2.24, 2.45) is 0 Å². The van der Waals surface area contributed by atoms with Crippen LogP contribution >= 0.6 is 0 Å². The number of nitrogens with one attached hydrogen (secondary N) is 1. The standard InChI is InChI=1S/C16H21NO/c1-11(2)15-10-14-4-3-13(9-16(14)18-15)12-5-7-17-8-6-12/h3-4,9-12,17H,5-8H2,1-2H3. The number of fused-ring (bicyclic) bond motifs is 1. The molecule has 2 nitrogen and oxygen atoms in total. The summed E-state index contributed by atoms with van der Waals surface area (Å²) in [4.78, 5) is 0. The first-order valence-electron chi connectivity index (χ1n) is 6.98. The second kappa shape index (κ2) is 4.77. The molecule has 0 bridgehead atoms. The van der Waals surface area contributed by atoms with Crippen molar-refractivity contribution < 1.29 is 4.42 Å². The van der Waals surface area contributed by atoms with Crippen LogP contribution in [0.25, 0.3) is 11.0 Å². The molecule has 2 heterocycles. The fourth-order valence-electron chi connectivity index (χ4n) is 2.76. The fourth-order valence-corrected chi connectivity index (χ4v) is 2.76. The molecular formula is C16H21NO. The van der Waals surface area contributed by atoms with Gasteiger partial charge in [0.15, 0.2) is 0 Å². The highest BCUT2D eigenvalue weighted by atomic mass is 16.3. The van der Waals surface area contributed by atoms with Crippen LogP contribution < -0.4 is 5.32 Å². The zero-order valence-corrected chi connectivity index (χ0v) is 11.2. The summed E-state index contributed by atoms with van der Waals surface area (Å²) in [5, 5.41) is 4.65. The molecule has 0 atom stereocenters. The third kappa shape index (κ3) is 2.17. The maximum absolute atomic E-state index is 5.95. The van der Waals surface area contributed by atoms with E-state index in [1.54, 1.807) is 0 Å². The summed E-state index contributed by atoms with van der Waals surface area (Å²) in [6, 6.07) is 8.91. The predicted molar refractivity (Wildman–Crippen MR) is 75.1 cm³/mol. The molecule has 0 unspecified atom stereocenters. The summed E-state index contributed by atoms with van der Waals surface area (Å²) < 4.78 is 5.95. The van der Waals surface area contributed by atoms with E-state index >= 15 is 0 Å². The zero-order valence-electron chi connectivity index (χ0n) is 11.2. The molecule has 1 saturated heterocycles. The first kappa shape index (κ1) is 11.8. The molecule has 1 aromatic heterocycles. The lowest BCUT2D eigenvalue weighted by Crippen LogP contribution is -2.26. The number of hydrogen-bond acceptors (Lipinski definition) is 2. The van der Waals surface area contributed by atoms with Crippen molar-refractivity contribution >= 4 is 11.0 Å². The quantitative estimate of drug-likeness (QED) is 0.861. The van der Waals surface area contributed by atoms with Gasteiger partial charge in [0.2, 0.25) is 0 Å². The molecule has 1 N–H and O–H groups in total. The van der Waals surface area contributed by atoms with Gasteiger partial charge in [0.25, 0.3) is 0 Å². The normalized spacial score (nSPS) is 17.7. The molecule has 18 heavy (non-hydrogen) atoms. The maximum atomic E-state index is 5.95. The van der Waals surface area contributed by atoms with Crippen molar-refractivity contribution in [3.05, 3.63) is 35.6 Å². The second-order valence-corrected chi connectivity index (χ2v) is 5.63. The van der Waals surface area contributed by atoms with Gasteiger partial charge in [0.05, 0.1) is 0 Å². The average molecular weight is 243 g/mol. The van der Waals surface area contributed by atoms with Gasteiger partial charge < -0.3 is 9.73 Å². The van der Waals surface area contributed by atoms with E-state index < -0.39 is 0 Å². The van der Waals surface area contributed by atoms with Gasteiger partial charge in [-0.15, -0.1) is 0 Å². The van der Waals surface area contributed by atoms with Crippen LogP contribution in [-0.2, 0) is 0 Å². The van der Waals surface area contributed by atoms with E-state index in [0.717, 1.165) is 24.4 Å². The first-order chi connectivity index (χ1) is 8.74. The minimum atomic E-state index is 0.458. The Labute approximate surface area is 108 Å². The molecule has 0 radical (unpaired) electrons. The van der Waals surface area contributed by atoms with Gasteiger partial charge in [-0.05, 0) is 49.5 Å². The number of benzene rings is 1. The highest BCUT2D eigenvalue weighted by molar-refractivity contribution is 5.79. The van der Waals surface area contributed by atoms with Crippen LogP contribution in [0.15, 0.2) is 28.7 Å². The van der Waals surface area contributed by atoms with Crippen LogP contribution in [0.1, 0.15) is 49.8 Å². The third-order valence-corrected chi connectivity index (χ3v) is 3.94. The Morgan fingerprint density at radius 3 is 2.67 bits per heavy atom. The molecule has 2 heteroatoms. The van der Waals surface area contributed by atoms with Gasteiger partial charge in [-0.25, -0.2) is 0 Å². The Hall–Kier alpha value is -1.28. The topological polar surface area (TPSA) is 25.2 Å². The lowest BCUT2D eigenvalue weighted by molar-refractivity contribution is 0.459. The first-order valence-corrected chi connectivity index (χ1v) is 6.98. The van der Waals surface area contributed by atoms with Crippen molar-refractivity contribution in [1.82, 2.24) is 5.32 Å². The van der Waals surface area contributed by atoms with E-state index in [-0.39, 0.29) is 0 Å². The molecule has 0 aliphatic carbocycles. The minimum absolute atomic E-state index is 0.458. The van der Waals surface area contributed by atoms with Gasteiger partial charge >= 0.3 is 0 Å². The molecule has 3 rings (SSSR count). The Kier molecular flexibility index (Phi) is 3.13. The van der Waals surface area contributed by atoms with Gasteiger partial charge in [-0.3, -0.25) is 0 Å². The van der Waals surface area contributed by atoms with Gasteiger partial charge in [-0.2, -0.15) is 0 Å². The highest BCUT2D eigenvalue weighted by Crippen LogP contribution is 2.30. The van der Waals surface area contributed by atoms with Crippen molar-refractivity contribution in [1.29, 1.82) is 0 Å². The Bertz CT molecular complexity index is 535. The van der Waals surface area contributed by atoms with Crippen LogP contribution in [0, 0.1) is 0 Å². The van der Waals surface area contributed by atoms with Crippen molar-refractivity contribution in [2.75, 3.05) is 13.1 Å². The number of piperidine rings is 1. The van der Waals surface area contributed by atoms with Crippen LogP contribution in [0.2, 0.25) is 0 Å². The summed E-state index contributed by atoms with van der Waals surface area (Å²) >= 11 is 0. The van der Waals surface area contributed by atoms with Crippen molar-refractivity contribution in [3.8, 4) is 0 Å². The van der Waals surface area contributed by atoms with Crippen molar-refractivity contribution in [3.63, 3.8) is 0 Å². The fraction of sp³-hybridized carbons (Fsp3) is 0.500. The molecule has 1 aromatic carbocycles. The molecule has 96 valence electrons. The van der Waals surface area contributed by atoms with Gasteiger partial charge in [0.1, 0.15) is 11.3 Å². The maximum Gasteiger partial charge on any atom is 0.134 e. The molecular weight excluding hydrogens is 222 g/mol. The van der Waals surface area contributed by atoms with Crippen LogP contribution in [0.3, 0.4) is 0 Å². The monoisotopic (exact) mass is 243 g/mol. The van der Waals surface area contributed by atoms with Gasteiger partial charge in [0, 0.05) is 11.3 Å². The minimum Gasteiger partial charge on any atom is -0.461 e. The lowest BCUT2D eigenvalue weighted by Gasteiger charge is -2.22. The van der Waals surface area contributed by atoms with E-state index in [1.807, 2.05) is 0 Å². The van der Waals surface area contributed by atoms with Crippen LogP contribution in [0.4, 0.5) is 0 Å². The second-order valence-electron chi connectivity index (χ2n) is 5.63. The molecule has 1 aliphatic heterocycles. The highest BCUT2D eigenvalue weighted by Gasteiger charge is 2.16. The molecule has 2 aromatic rings. The van der Waals surface area contributed by atoms with Gasteiger partial charge in [-0.1, -0.05) is 26.0 Å². The third-order valence-electron chi connectivity index (χ3n) is 3.94. The zero-order chi connectivity index (χ0) is 12.5. The van der Waals surface area contributed by atoms with E-state index in [1.165, 1.54) is 23.8 Å². The summed E-state index contributed by atoms with van der Waals surface area (Å²) in [7, 11) is 0. The van der Waals surface area contributed by atoms with Crippen molar-refractivity contribution in [2.45, 2.75) is 38.5 Å². The van der Waals surface area contributed by atoms with E-state index in [0.29, 0.717) is 11.8 Å². The Balaban J connectivity index is 1.94. The average Bonchev–Trinajstić information content (AvgIpc) is 2.82. The van der Waals surface area contributed by atoms with E-state index in [4.69, 9.17) is 4.42 Å². The predicted octanol–water partition coefficient (Wildman–Crippen LogP) is 4.02. The summed E-state index contributed by atoms with van der Waals surface area (Å²) in [5.41, 5.74) is 2.49. The van der Waals surface area contributed by atoms with E-state index in [2.05, 4.69) is 43.4 Å². The largest absolute Gasteiger partial charge is 0.461 e. The molecule has 1 aliphatic rings. The molecule has 0 spiro atoms. The Morgan fingerprint density at radius 1 is 1.17 bits per heavy atom. The SMILES string of the molecule is CC(C)c1cc2ccc(C3CCNCC3)cc2o1. The number of hydrogen-bond donors (Lipinski definition) is 1. The number of furan rings is 1. The summed E-state index contributed by atoms with van der Waals surface area (Å²) in [5.74, 6) is 2.25. The van der Waals surface area contributed by atoms with E-state index in [9.17, 15) is 0 Å². The van der Waals surface area contributed by atoms with Crippen LogP contribution in [-0.4, -0.2) is 13.1 Å². The van der Waals surface area contributed by atoms with Crippen LogP contribution in [0.5, 0.6) is 0 Å². The smallest absolute Gasteiger partial charge is 0.134 e. The Morgan fingerprint density at radius 2 is 1.94 bits per heavy atom.